The molecular weight excluding hydrogens is 264 g/mol. The molecule has 1 atom stereocenters. The van der Waals surface area contributed by atoms with Crippen LogP contribution < -0.4 is 10.1 Å². The second-order valence-electron chi connectivity index (χ2n) is 4.99. The molecule has 0 saturated carbocycles. The molecule has 0 aliphatic heterocycles. The van der Waals surface area contributed by atoms with Crippen LogP contribution >= 0.6 is 0 Å². The maximum absolute atomic E-state index is 5.05. The van der Waals surface area contributed by atoms with Gasteiger partial charge in [-0.25, -0.2) is 15.0 Å². The third-order valence-corrected chi connectivity index (χ3v) is 3.41. The Labute approximate surface area is 125 Å². The van der Waals surface area contributed by atoms with E-state index in [4.69, 9.17) is 4.74 Å². The molecule has 0 aliphatic carbocycles. The van der Waals surface area contributed by atoms with Gasteiger partial charge in [0.2, 0.25) is 5.88 Å². The summed E-state index contributed by atoms with van der Waals surface area (Å²) in [5, 5.41) is 3.38. The van der Waals surface area contributed by atoms with E-state index in [0.717, 1.165) is 29.2 Å². The number of rotatable bonds is 6. The number of ether oxygens (including phenoxy) is 1. The molecule has 0 radical (unpaired) electrons. The summed E-state index contributed by atoms with van der Waals surface area (Å²) in [5.41, 5.74) is 3.24. The largest absolute Gasteiger partial charge is 0.481 e. The summed E-state index contributed by atoms with van der Waals surface area (Å²) in [7, 11) is 1.61. The van der Waals surface area contributed by atoms with Gasteiger partial charge in [0, 0.05) is 42.2 Å². The van der Waals surface area contributed by atoms with Gasteiger partial charge in [0.15, 0.2) is 0 Å². The fraction of sp³-hybridized carbons (Fsp3) is 0.438. The van der Waals surface area contributed by atoms with Crippen LogP contribution in [0.2, 0.25) is 0 Å². The predicted molar refractivity (Wildman–Crippen MR) is 82.5 cm³/mol. The summed E-state index contributed by atoms with van der Waals surface area (Å²) in [5.74, 6) is 1.43. The molecule has 112 valence electrons. The number of aromatic nitrogens is 3. The zero-order valence-electron chi connectivity index (χ0n) is 13.1. The predicted octanol–water partition coefficient (Wildman–Crippen LogP) is 2.45. The van der Waals surface area contributed by atoms with Crippen molar-refractivity contribution in [2.75, 3.05) is 13.7 Å². The Hall–Kier alpha value is -2.01. The Balaban J connectivity index is 2.12. The van der Waals surface area contributed by atoms with E-state index in [2.05, 4.69) is 34.1 Å². The summed E-state index contributed by atoms with van der Waals surface area (Å²) in [4.78, 5) is 13.3. The fourth-order valence-corrected chi connectivity index (χ4v) is 2.27. The summed E-state index contributed by atoms with van der Waals surface area (Å²) < 4.78 is 5.05. The van der Waals surface area contributed by atoms with E-state index in [9.17, 15) is 0 Å². The highest BCUT2D eigenvalue weighted by Crippen LogP contribution is 2.16. The molecule has 2 aromatic rings. The van der Waals surface area contributed by atoms with Crippen molar-refractivity contribution in [2.24, 2.45) is 0 Å². The molecule has 2 rings (SSSR count). The van der Waals surface area contributed by atoms with Crippen molar-refractivity contribution in [1.82, 2.24) is 20.3 Å². The van der Waals surface area contributed by atoms with Crippen LogP contribution in [0, 0.1) is 6.92 Å². The van der Waals surface area contributed by atoms with Gasteiger partial charge in [0.1, 0.15) is 5.82 Å². The molecule has 5 heteroatoms. The van der Waals surface area contributed by atoms with Gasteiger partial charge in [0.25, 0.3) is 0 Å². The third kappa shape index (κ3) is 3.98. The molecule has 0 aromatic carbocycles. The number of hydrogen-bond acceptors (Lipinski definition) is 5. The Morgan fingerprint density at radius 2 is 2.05 bits per heavy atom. The number of nitrogens with zero attached hydrogens (tertiary/aromatic N) is 3. The van der Waals surface area contributed by atoms with Crippen molar-refractivity contribution in [3.05, 3.63) is 47.2 Å². The van der Waals surface area contributed by atoms with Gasteiger partial charge < -0.3 is 10.1 Å². The SMILES string of the molecule is CCNC(C)c1cnc(Cc2ccc(OC)nc2)nc1C. The van der Waals surface area contributed by atoms with Crippen LogP contribution in [0.15, 0.2) is 24.5 Å². The maximum atomic E-state index is 5.05. The van der Waals surface area contributed by atoms with E-state index in [-0.39, 0.29) is 6.04 Å². The molecule has 0 bridgehead atoms. The van der Waals surface area contributed by atoms with E-state index < -0.39 is 0 Å². The van der Waals surface area contributed by atoms with Gasteiger partial charge in [-0.2, -0.15) is 0 Å². The van der Waals surface area contributed by atoms with Crippen molar-refractivity contribution in [3.8, 4) is 5.88 Å². The highest BCUT2D eigenvalue weighted by atomic mass is 16.5. The van der Waals surface area contributed by atoms with Crippen LogP contribution in [-0.2, 0) is 6.42 Å². The molecular formula is C16H22N4O. The minimum atomic E-state index is 0.270. The topological polar surface area (TPSA) is 59.9 Å². The lowest BCUT2D eigenvalue weighted by molar-refractivity contribution is 0.397. The smallest absolute Gasteiger partial charge is 0.212 e. The second-order valence-corrected chi connectivity index (χ2v) is 4.99. The standard InChI is InChI=1S/C16H22N4O/c1-5-17-11(2)14-10-18-15(20-12(14)3)8-13-6-7-16(21-4)19-9-13/h6-7,9-11,17H,5,8H2,1-4H3. The van der Waals surface area contributed by atoms with Crippen molar-refractivity contribution in [2.45, 2.75) is 33.2 Å². The average molecular weight is 286 g/mol. The first-order valence-electron chi connectivity index (χ1n) is 7.18. The summed E-state index contributed by atoms with van der Waals surface area (Å²) >= 11 is 0. The summed E-state index contributed by atoms with van der Waals surface area (Å²) in [6.45, 7) is 7.18. The quantitative estimate of drug-likeness (QED) is 0.884. The summed E-state index contributed by atoms with van der Waals surface area (Å²) in [6.07, 6.45) is 4.39. The maximum Gasteiger partial charge on any atom is 0.212 e. The highest BCUT2D eigenvalue weighted by molar-refractivity contribution is 5.24. The molecule has 0 spiro atoms. The Bertz CT molecular complexity index is 583. The first-order valence-corrected chi connectivity index (χ1v) is 7.18. The van der Waals surface area contributed by atoms with Gasteiger partial charge in [-0.3, -0.25) is 0 Å². The number of nitrogens with one attached hydrogen (secondary N) is 1. The number of methoxy groups -OCH3 is 1. The molecule has 1 unspecified atom stereocenters. The van der Waals surface area contributed by atoms with Gasteiger partial charge >= 0.3 is 0 Å². The van der Waals surface area contributed by atoms with Crippen molar-refractivity contribution in [1.29, 1.82) is 0 Å². The molecule has 2 heterocycles. The van der Waals surface area contributed by atoms with E-state index in [0.29, 0.717) is 12.3 Å². The van der Waals surface area contributed by atoms with Crippen molar-refractivity contribution >= 4 is 0 Å². The van der Waals surface area contributed by atoms with Gasteiger partial charge in [-0.05, 0) is 26.0 Å². The van der Waals surface area contributed by atoms with Gasteiger partial charge in [0.05, 0.1) is 7.11 Å². The normalized spacial score (nSPS) is 12.2. The summed E-state index contributed by atoms with van der Waals surface area (Å²) in [6, 6.07) is 4.11. The Morgan fingerprint density at radius 1 is 1.24 bits per heavy atom. The van der Waals surface area contributed by atoms with Crippen LogP contribution in [0.5, 0.6) is 5.88 Å². The van der Waals surface area contributed by atoms with Crippen LogP contribution in [-0.4, -0.2) is 28.6 Å². The molecule has 2 aromatic heterocycles. The Morgan fingerprint density at radius 3 is 2.62 bits per heavy atom. The van der Waals surface area contributed by atoms with E-state index in [1.807, 2.05) is 25.3 Å². The minimum Gasteiger partial charge on any atom is -0.481 e. The lowest BCUT2D eigenvalue weighted by Crippen LogP contribution is -2.19. The van der Waals surface area contributed by atoms with Crippen molar-refractivity contribution < 1.29 is 4.74 Å². The van der Waals surface area contributed by atoms with E-state index >= 15 is 0 Å². The lowest BCUT2D eigenvalue weighted by atomic mass is 10.1. The van der Waals surface area contributed by atoms with E-state index in [1.165, 1.54) is 0 Å². The van der Waals surface area contributed by atoms with Crippen molar-refractivity contribution in [3.63, 3.8) is 0 Å². The van der Waals surface area contributed by atoms with Crippen LogP contribution in [0.1, 0.15) is 42.5 Å². The van der Waals surface area contributed by atoms with Crippen LogP contribution in [0.25, 0.3) is 0 Å². The molecule has 21 heavy (non-hydrogen) atoms. The fourth-order valence-electron chi connectivity index (χ4n) is 2.27. The van der Waals surface area contributed by atoms with Gasteiger partial charge in [-0.15, -0.1) is 0 Å². The zero-order valence-corrected chi connectivity index (χ0v) is 13.1. The average Bonchev–Trinajstić information content (AvgIpc) is 2.48. The number of aryl methyl sites for hydroxylation is 1. The first-order chi connectivity index (χ1) is 10.1. The van der Waals surface area contributed by atoms with Crippen LogP contribution in [0.4, 0.5) is 0 Å². The Kier molecular flexibility index (Phi) is 5.22. The zero-order chi connectivity index (χ0) is 15.2. The minimum absolute atomic E-state index is 0.270. The number of pyridine rings is 1. The molecule has 0 saturated heterocycles. The molecule has 1 N–H and O–H groups in total. The van der Waals surface area contributed by atoms with E-state index in [1.54, 1.807) is 13.3 Å². The molecule has 5 nitrogen and oxygen atoms in total. The molecule has 0 amide bonds. The highest BCUT2D eigenvalue weighted by Gasteiger charge is 2.10. The molecule has 0 aliphatic rings. The molecule has 0 fully saturated rings. The van der Waals surface area contributed by atoms with Gasteiger partial charge in [-0.1, -0.05) is 13.0 Å². The number of hydrogen-bond donors (Lipinski definition) is 1. The third-order valence-electron chi connectivity index (χ3n) is 3.41. The lowest BCUT2D eigenvalue weighted by Gasteiger charge is -2.15. The first kappa shape index (κ1) is 15.4. The monoisotopic (exact) mass is 286 g/mol. The van der Waals surface area contributed by atoms with Crippen LogP contribution in [0.3, 0.4) is 0 Å². The second kappa shape index (κ2) is 7.13.